The van der Waals surface area contributed by atoms with Gasteiger partial charge in [-0.15, -0.1) is 0 Å². The third-order valence-electron chi connectivity index (χ3n) is 4.37. The first-order valence-corrected chi connectivity index (χ1v) is 8.18. The molecule has 0 fully saturated rings. The van der Waals surface area contributed by atoms with Gasteiger partial charge in [0.1, 0.15) is 6.61 Å². The summed E-state index contributed by atoms with van der Waals surface area (Å²) in [6.45, 7) is 3.45. The molecule has 0 saturated carbocycles. The summed E-state index contributed by atoms with van der Waals surface area (Å²) < 4.78 is 17.4. The van der Waals surface area contributed by atoms with Crippen LogP contribution in [0.15, 0.2) is 60.7 Å². The van der Waals surface area contributed by atoms with Gasteiger partial charge in [-0.3, -0.25) is 4.79 Å². The van der Waals surface area contributed by atoms with Crippen LogP contribution in [0.3, 0.4) is 0 Å². The number of carbonyl (C=O) groups is 1. The number of hydrogen-bond donors (Lipinski definition) is 0. The van der Waals surface area contributed by atoms with Gasteiger partial charge in [0, 0.05) is 25.0 Å². The fourth-order valence-electron chi connectivity index (χ4n) is 3.07. The summed E-state index contributed by atoms with van der Waals surface area (Å²) in [4.78, 5) is 11.1. The third-order valence-corrected chi connectivity index (χ3v) is 4.37. The Morgan fingerprint density at radius 2 is 1.80 bits per heavy atom. The first-order chi connectivity index (χ1) is 12.0. The zero-order valence-electron chi connectivity index (χ0n) is 14.1. The van der Waals surface area contributed by atoms with Crippen LogP contribution in [0.5, 0.6) is 11.5 Å². The minimum absolute atomic E-state index is 0.162. The molecule has 1 atom stereocenters. The molecule has 25 heavy (non-hydrogen) atoms. The lowest BCUT2D eigenvalue weighted by molar-refractivity contribution is -0.142. The fourth-order valence-corrected chi connectivity index (χ4v) is 3.07. The van der Waals surface area contributed by atoms with Gasteiger partial charge in [0.25, 0.3) is 5.79 Å². The predicted molar refractivity (Wildman–Crippen MR) is 94.5 cm³/mol. The van der Waals surface area contributed by atoms with Crippen LogP contribution >= 0.6 is 0 Å². The molecular formula is C21H18O4. The fraction of sp³-hybridized carbons (Fsp3) is 0.190. The third kappa shape index (κ3) is 2.80. The monoisotopic (exact) mass is 334 g/mol. The van der Waals surface area contributed by atoms with E-state index in [2.05, 4.69) is 24.3 Å². The molecule has 4 nitrogen and oxygen atoms in total. The van der Waals surface area contributed by atoms with Crippen LogP contribution in [0.2, 0.25) is 0 Å². The molecule has 0 aromatic heterocycles. The molecule has 0 N–H and O–H groups in total. The van der Waals surface area contributed by atoms with E-state index in [9.17, 15) is 4.79 Å². The molecule has 126 valence electrons. The van der Waals surface area contributed by atoms with Gasteiger partial charge in [0.15, 0.2) is 11.5 Å². The highest BCUT2D eigenvalue weighted by Gasteiger charge is 2.40. The number of benzene rings is 3. The highest BCUT2D eigenvalue weighted by atomic mass is 16.7. The van der Waals surface area contributed by atoms with Crippen molar-refractivity contribution in [3.05, 3.63) is 71.8 Å². The van der Waals surface area contributed by atoms with E-state index in [1.54, 1.807) is 0 Å². The average molecular weight is 334 g/mol. The summed E-state index contributed by atoms with van der Waals surface area (Å²) in [5.74, 6) is 0.0344. The topological polar surface area (TPSA) is 44.8 Å². The van der Waals surface area contributed by atoms with Crippen LogP contribution in [0, 0.1) is 0 Å². The number of esters is 1. The zero-order valence-corrected chi connectivity index (χ0v) is 14.1. The molecule has 1 aliphatic rings. The number of carbonyl (C=O) groups excluding carboxylic acids is 1. The van der Waals surface area contributed by atoms with Crippen molar-refractivity contribution < 1.29 is 19.0 Å². The Hall–Kier alpha value is -3.01. The minimum atomic E-state index is -0.918. The normalized spacial score (nSPS) is 18.3. The van der Waals surface area contributed by atoms with E-state index in [1.165, 1.54) is 12.3 Å². The molecule has 1 aliphatic heterocycles. The van der Waals surface area contributed by atoms with Crippen LogP contribution in [-0.4, -0.2) is 5.97 Å². The highest BCUT2D eigenvalue weighted by Crippen LogP contribution is 2.46. The number of rotatable bonds is 3. The van der Waals surface area contributed by atoms with Crippen molar-refractivity contribution in [2.45, 2.75) is 26.2 Å². The van der Waals surface area contributed by atoms with E-state index in [1.807, 2.05) is 43.3 Å². The van der Waals surface area contributed by atoms with Crippen molar-refractivity contribution in [3.8, 4) is 11.5 Å². The molecule has 1 unspecified atom stereocenters. The number of ether oxygens (including phenoxy) is 3. The van der Waals surface area contributed by atoms with E-state index in [-0.39, 0.29) is 12.6 Å². The van der Waals surface area contributed by atoms with Crippen LogP contribution in [0.25, 0.3) is 10.8 Å². The van der Waals surface area contributed by atoms with E-state index in [4.69, 9.17) is 14.2 Å². The molecule has 4 heteroatoms. The lowest BCUT2D eigenvalue weighted by Crippen LogP contribution is -2.31. The number of hydrogen-bond acceptors (Lipinski definition) is 4. The summed E-state index contributed by atoms with van der Waals surface area (Å²) >= 11 is 0. The maximum Gasteiger partial charge on any atom is 0.302 e. The van der Waals surface area contributed by atoms with E-state index in [0.29, 0.717) is 11.5 Å². The Bertz CT molecular complexity index is 963. The Morgan fingerprint density at radius 1 is 1.00 bits per heavy atom. The van der Waals surface area contributed by atoms with Crippen LogP contribution in [0.1, 0.15) is 25.0 Å². The molecular weight excluding hydrogens is 316 g/mol. The number of fused-ring (bicyclic) bond motifs is 2. The summed E-state index contributed by atoms with van der Waals surface area (Å²) in [6, 6.07) is 19.9. The first kappa shape index (κ1) is 15.5. The maximum absolute atomic E-state index is 11.1. The Labute approximate surface area is 145 Å². The van der Waals surface area contributed by atoms with Crippen molar-refractivity contribution in [2.24, 2.45) is 0 Å². The highest BCUT2D eigenvalue weighted by molar-refractivity contribution is 5.83. The Kier molecular flexibility index (Phi) is 3.61. The van der Waals surface area contributed by atoms with Gasteiger partial charge in [0.05, 0.1) is 0 Å². The van der Waals surface area contributed by atoms with Gasteiger partial charge in [0.2, 0.25) is 0 Å². The smallest absolute Gasteiger partial charge is 0.302 e. The van der Waals surface area contributed by atoms with Gasteiger partial charge in [-0.2, -0.15) is 0 Å². The second kappa shape index (κ2) is 5.81. The van der Waals surface area contributed by atoms with Crippen molar-refractivity contribution in [1.82, 2.24) is 0 Å². The van der Waals surface area contributed by atoms with Gasteiger partial charge < -0.3 is 14.2 Å². The Morgan fingerprint density at radius 3 is 2.60 bits per heavy atom. The summed E-state index contributed by atoms with van der Waals surface area (Å²) in [5.41, 5.74) is 1.72. The van der Waals surface area contributed by atoms with Gasteiger partial charge in [-0.25, -0.2) is 0 Å². The van der Waals surface area contributed by atoms with Crippen LogP contribution in [0.4, 0.5) is 0 Å². The summed E-state index contributed by atoms with van der Waals surface area (Å²) in [6.07, 6.45) is 0. The number of para-hydroxylation sites is 1. The zero-order chi connectivity index (χ0) is 17.4. The molecule has 0 spiro atoms. The second-order valence-electron chi connectivity index (χ2n) is 6.24. The standard InChI is InChI=1S/C21H18O4/c1-14(22)23-13-17-8-5-9-19-20(17)25-21(2,24-19)18-11-10-15-6-3-4-7-16(15)12-18/h3-12H,13H2,1-2H3. The van der Waals surface area contributed by atoms with E-state index in [0.717, 1.165) is 16.5 Å². The van der Waals surface area contributed by atoms with Gasteiger partial charge >= 0.3 is 5.97 Å². The summed E-state index contributed by atoms with van der Waals surface area (Å²) in [7, 11) is 0. The van der Waals surface area contributed by atoms with Crippen LogP contribution in [-0.2, 0) is 21.9 Å². The lowest BCUT2D eigenvalue weighted by atomic mass is 10.0. The molecule has 3 aromatic rings. The molecule has 0 amide bonds. The predicted octanol–water partition coefficient (Wildman–Crippen LogP) is 4.55. The largest absolute Gasteiger partial charge is 0.461 e. The van der Waals surface area contributed by atoms with E-state index < -0.39 is 5.79 Å². The maximum atomic E-state index is 11.1. The molecule has 0 saturated heterocycles. The van der Waals surface area contributed by atoms with Gasteiger partial charge in [-0.05, 0) is 22.9 Å². The van der Waals surface area contributed by atoms with Gasteiger partial charge in [-0.1, -0.05) is 48.5 Å². The first-order valence-electron chi connectivity index (χ1n) is 8.18. The SMILES string of the molecule is CC(=O)OCc1cccc2c1OC(C)(c1ccc3ccccc3c1)O2. The Balaban J connectivity index is 1.69. The van der Waals surface area contributed by atoms with E-state index >= 15 is 0 Å². The minimum Gasteiger partial charge on any atom is -0.461 e. The lowest BCUT2D eigenvalue weighted by Gasteiger charge is -2.24. The second-order valence-corrected chi connectivity index (χ2v) is 6.24. The molecule has 4 rings (SSSR count). The van der Waals surface area contributed by atoms with Crippen molar-refractivity contribution in [1.29, 1.82) is 0 Å². The molecule has 0 bridgehead atoms. The molecule has 0 aliphatic carbocycles. The molecule has 0 radical (unpaired) electrons. The molecule has 3 aromatic carbocycles. The van der Waals surface area contributed by atoms with Crippen molar-refractivity contribution in [3.63, 3.8) is 0 Å². The molecule has 1 heterocycles. The summed E-state index contributed by atoms with van der Waals surface area (Å²) in [5, 5.41) is 2.30. The van der Waals surface area contributed by atoms with Crippen molar-refractivity contribution >= 4 is 16.7 Å². The van der Waals surface area contributed by atoms with Crippen molar-refractivity contribution in [2.75, 3.05) is 0 Å². The quantitative estimate of drug-likeness (QED) is 0.659. The average Bonchev–Trinajstić information content (AvgIpc) is 2.97. The van der Waals surface area contributed by atoms with Crippen LogP contribution < -0.4 is 9.47 Å².